The van der Waals surface area contributed by atoms with Gasteiger partial charge in [0.15, 0.2) is 17.8 Å². The molecule has 3 rings (SSSR count). The lowest BCUT2D eigenvalue weighted by atomic mass is 10.2. The quantitative estimate of drug-likeness (QED) is 0.868. The van der Waals surface area contributed by atoms with Crippen molar-refractivity contribution in [3.05, 3.63) is 41.9 Å². The summed E-state index contributed by atoms with van der Waals surface area (Å²) < 4.78 is 37.2. The molecule has 1 aromatic heterocycles. The molecule has 1 aliphatic rings. The van der Waals surface area contributed by atoms with Crippen molar-refractivity contribution < 1.29 is 32.6 Å². The number of ether oxygens (including phenoxy) is 1. The number of hydrogen-bond acceptors (Lipinski definition) is 5. The van der Waals surface area contributed by atoms with Gasteiger partial charge in [-0.1, -0.05) is 0 Å². The number of aliphatic carboxylic acids is 1. The highest BCUT2D eigenvalue weighted by Crippen LogP contribution is 2.24. The number of carbonyl (C=O) groups excluding carboxylic acids is 1. The largest absolute Gasteiger partial charge is 0.479 e. The average molecular weight is 366 g/mol. The molecule has 26 heavy (non-hydrogen) atoms. The number of morpholine rings is 1. The van der Waals surface area contributed by atoms with Gasteiger partial charge >= 0.3 is 5.97 Å². The van der Waals surface area contributed by atoms with Crippen molar-refractivity contribution in [2.24, 2.45) is 0 Å². The zero-order valence-corrected chi connectivity index (χ0v) is 13.7. The first-order valence-corrected chi connectivity index (χ1v) is 7.96. The molecule has 1 fully saturated rings. The van der Waals surface area contributed by atoms with Crippen LogP contribution < -0.4 is 0 Å². The second-order valence-electron chi connectivity index (χ2n) is 5.78. The van der Waals surface area contributed by atoms with Crippen molar-refractivity contribution in [1.29, 1.82) is 0 Å². The number of aromatic nitrogens is 1. The summed E-state index contributed by atoms with van der Waals surface area (Å²) in [6, 6.07) is 3.11. The van der Waals surface area contributed by atoms with E-state index in [1.54, 1.807) is 0 Å². The molecule has 1 N–H and O–H groups in total. The number of rotatable bonds is 5. The number of amides is 1. The first kappa shape index (κ1) is 18.0. The summed E-state index contributed by atoms with van der Waals surface area (Å²) >= 11 is 0. The molecule has 0 radical (unpaired) electrons. The second-order valence-corrected chi connectivity index (χ2v) is 5.78. The van der Waals surface area contributed by atoms with Crippen LogP contribution in [-0.2, 0) is 20.7 Å². The van der Waals surface area contributed by atoms with Gasteiger partial charge in [-0.3, -0.25) is 4.79 Å². The summed E-state index contributed by atoms with van der Waals surface area (Å²) in [4.78, 5) is 28.6. The minimum atomic E-state index is -1.11. The maximum Gasteiger partial charge on any atom is 0.334 e. The van der Waals surface area contributed by atoms with Crippen LogP contribution in [0.15, 0.2) is 28.8 Å². The lowest BCUT2D eigenvalue weighted by molar-refractivity contribution is -0.159. The predicted octanol–water partition coefficient (Wildman–Crippen LogP) is 1.86. The van der Waals surface area contributed by atoms with Gasteiger partial charge < -0.3 is 19.2 Å². The molecule has 0 saturated carbocycles. The molecule has 9 heteroatoms. The number of oxazole rings is 1. The third kappa shape index (κ3) is 4.05. The van der Waals surface area contributed by atoms with Gasteiger partial charge in [0.2, 0.25) is 5.91 Å². The zero-order chi connectivity index (χ0) is 18.7. The Morgan fingerprint density at radius 2 is 2.15 bits per heavy atom. The van der Waals surface area contributed by atoms with E-state index in [0.29, 0.717) is 6.54 Å². The molecule has 0 spiro atoms. The van der Waals surface area contributed by atoms with E-state index in [1.165, 1.54) is 17.2 Å². The van der Waals surface area contributed by atoms with Crippen molar-refractivity contribution in [3.63, 3.8) is 0 Å². The fourth-order valence-electron chi connectivity index (χ4n) is 2.64. The fourth-order valence-corrected chi connectivity index (χ4v) is 2.64. The highest BCUT2D eigenvalue weighted by Gasteiger charge is 2.28. The van der Waals surface area contributed by atoms with Crippen molar-refractivity contribution in [3.8, 4) is 11.3 Å². The molecule has 1 aliphatic heterocycles. The third-order valence-electron chi connectivity index (χ3n) is 4.00. The first-order valence-electron chi connectivity index (χ1n) is 7.96. The van der Waals surface area contributed by atoms with Gasteiger partial charge in [-0.2, -0.15) is 0 Å². The monoisotopic (exact) mass is 366 g/mol. The van der Waals surface area contributed by atoms with Crippen LogP contribution in [0, 0.1) is 11.6 Å². The number of carboxylic acids is 1. The number of carboxylic acid groups (broad SMARTS) is 1. The smallest absolute Gasteiger partial charge is 0.334 e. The van der Waals surface area contributed by atoms with Crippen LogP contribution >= 0.6 is 0 Å². The molecule has 0 bridgehead atoms. The van der Waals surface area contributed by atoms with Crippen LogP contribution in [0.4, 0.5) is 8.78 Å². The van der Waals surface area contributed by atoms with E-state index < -0.39 is 23.7 Å². The minimum Gasteiger partial charge on any atom is -0.479 e. The number of aryl methyl sites for hydroxylation is 1. The first-order chi connectivity index (χ1) is 12.4. The molecule has 138 valence electrons. The van der Waals surface area contributed by atoms with Crippen LogP contribution in [0.3, 0.4) is 0 Å². The van der Waals surface area contributed by atoms with Crippen molar-refractivity contribution in [2.45, 2.75) is 18.9 Å². The SMILES string of the molecule is O=C(O)[C@@H]1CN(C(=O)CCc2ncc(-c3ccc(F)cc3F)o2)CCO1. The van der Waals surface area contributed by atoms with E-state index >= 15 is 0 Å². The molecule has 0 unspecified atom stereocenters. The van der Waals surface area contributed by atoms with Crippen molar-refractivity contribution in [1.82, 2.24) is 9.88 Å². The Morgan fingerprint density at radius 3 is 2.88 bits per heavy atom. The van der Waals surface area contributed by atoms with Gasteiger partial charge in [0.05, 0.1) is 24.9 Å². The summed E-state index contributed by atoms with van der Waals surface area (Å²) in [5.74, 6) is -2.44. The Morgan fingerprint density at radius 1 is 1.35 bits per heavy atom. The summed E-state index contributed by atoms with van der Waals surface area (Å²) in [5.41, 5.74) is 0.0777. The van der Waals surface area contributed by atoms with Gasteiger partial charge in [-0.25, -0.2) is 18.6 Å². The normalized spacial score (nSPS) is 17.3. The molecule has 0 aliphatic carbocycles. The molecule has 7 nitrogen and oxygen atoms in total. The Labute approximate surface area is 147 Å². The Balaban J connectivity index is 1.59. The molecule has 1 aromatic carbocycles. The molecule has 1 saturated heterocycles. The fraction of sp³-hybridized carbons (Fsp3) is 0.353. The van der Waals surface area contributed by atoms with E-state index in [1.807, 2.05) is 0 Å². The zero-order valence-electron chi connectivity index (χ0n) is 13.7. The number of carbonyl (C=O) groups is 2. The number of nitrogens with zero attached hydrogens (tertiary/aromatic N) is 2. The third-order valence-corrected chi connectivity index (χ3v) is 4.00. The second kappa shape index (κ2) is 7.61. The Hall–Kier alpha value is -2.81. The maximum atomic E-state index is 13.8. The summed E-state index contributed by atoms with van der Waals surface area (Å²) in [5, 5.41) is 8.95. The minimum absolute atomic E-state index is 0.00814. The van der Waals surface area contributed by atoms with Crippen LogP contribution in [-0.4, -0.2) is 52.7 Å². The molecule has 2 aromatic rings. The van der Waals surface area contributed by atoms with Gasteiger partial charge in [0.1, 0.15) is 11.6 Å². The van der Waals surface area contributed by atoms with E-state index in [4.69, 9.17) is 14.3 Å². The number of hydrogen-bond donors (Lipinski definition) is 1. The van der Waals surface area contributed by atoms with E-state index in [2.05, 4.69) is 4.98 Å². The topological polar surface area (TPSA) is 92.9 Å². The predicted molar refractivity (Wildman–Crippen MR) is 84.1 cm³/mol. The Bertz CT molecular complexity index is 823. The van der Waals surface area contributed by atoms with Gasteiger partial charge in [-0.15, -0.1) is 0 Å². The van der Waals surface area contributed by atoms with Gasteiger partial charge in [0, 0.05) is 25.5 Å². The molecule has 2 heterocycles. The number of halogens is 2. The highest BCUT2D eigenvalue weighted by atomic mass is 19.1. The van der Waals surface area contributed by atoms with E-state index in [-0.39, 0.29) is 49.1 Å². The van der Waals surface area contributed by atoms with Gasteiger partial charge in [-0.05, 0) is 12.1 Å². The summed E-state index contributed by atoms with van der Waals surface area (Å²) in [6.45, 7) is 0.474. The van der Waals surface area contributed by atoms with Crippen LogP contribution in [0.25, 0.3) is 11.3 Å². The maximum absolute atomic E-state index is 13.8. The highest BCUT2D eigenvalue weighted by molar-refractivity contribution is 5.78. The van der Waals surface area contributed by atoms with E-state index in [9.17, 15) is 18.4 Å². The lowest BCUT2D eigenvalue weighted by Gasteiger charge is -2.30. The average Bonchev–Trinajstić information content (AvgIpc) is 3.08. The summed E-state index contributed by atoms with van der Waals surface area (Å²) in [6.07, 6.45) is 0.530. The molecular weight excluding hydrogens is 350 g/mol. The van der Waals surface area contributed by atoms with E-state index in [0.717, 1.165) is 12.1 Å². The van der Waals surface area contributed by atoms with Crippen molar-refractivity contribution in [2.75, 3.05) is 19.7 Å². The standard InChI is InChI=1S/C17H16F2N2O5/c18-10-1-2-11(12(19)7-10)13-8-20-15(26-13)3-4-16(22)21-5-6-25-14(9-21)17(23)24/h1-2,7-8,14H,3-6,9H2,(H,23,24)/t14-/m0/s1. The molecule has 1 amide bonds. The van der Waals surface area contributed by atoms with Crippen LogP contribution in [0.1, 0.15) is 12.3 Å². The molecular formula is C17H16F2N2O5. The number of benzene rings is 1. The van der Waals surface area contributed by atoms with Crippen molar-refractivity contribution >= 4 is 11.9 Å². The van der Waals surface area contributed by atoms with Crippen LogP contribution in [0.2, 0.25) is 0 Å². The van der Waals surface area contributed by atoms with Gasteiger partial charge in [0.25, 0.3) is 0 Å². The summed E-state index contributed by atoms with van der Waals surface area (Å²) in [7, 11) is 0. The lowest BCUT2D eigenvalue weighted by Crippen LogP contribution is -2.48. The Kier molecular flexibility index (Phi) is 5.27. The molecule has 1 atom stereocenters. The van der Waals surface area contributed by atoms with Crippen LogP contribution in [0.5, 0.6) is 0 Å².